The molecule has 0 fully saturated rings. The van der Waals surface area contributed by atoms with E-state index in [1.165, 1.54) is 28.7 Å². The number of benzene rings is 4. The molecule has 2 aliphatic carbocycles. The summed E-state index contributed by atoms with van der Waals surface area (Å²) in [5.41, 5.74) is 12.5. The largest absolute Gasteiger partial charge is 0.456 e. The van der Waals surface area contributed by atoms with Gasteiger partial charge in [-0.25, -0.2) is 0 Å². The third-order valence-corrected chi connectivity index (χ3v) is 7.20. The first-order chi connectivity index (χ1) is 16.8. The predicted molar refractivity (Wildman–Crippen MR) is 144 cm³/mol. The minimum Gasteiger partial charge on any atom is -0.456 e. The van der Waals surface area contributed by atoms with Gasteiger partial charge < -0.3 is 9.73 Å². The minimum absolute atomic E-state index is 0.906. The molecule has 0 unspecified atom stereocenters. The number of anilines is 2. The number of furan rings is 1. The number of nitrogens with one attached hydrogen (secondary N) is 1. The summed E-state index contributed by atoms with van der Waals surface area (Å²) in [6.07, 6.45) is 13.9. The van der Waals surface area contributed by atoms with E-state index in [-0.39, 0.29) is 0 Å². The van der Waals surface area contributed by atoms with E-state index >= 15 is 0 Å². The second-order valence-electron chi connectivity index (χ2n) is 9.28. The summed E-state index contributed by atoms with van der Waals surface area (Å²) in [6.45, 7) is 0. The van der Waals surface area contributed by atoms with Crippen molar-refractivity contribution in [3.8, 4) is 11.1 Å². The molecule has 1 heterocycles. The van der Waals surface area contributed by atoms with Gasteiger partial charge in [0.1, 0.15) is 11.2 Å². The van der Waals surface area contributed by atoms with E-state index in [4.69, 9.17) is 4.42 Å². The normalized spacial score (nSPS) is 14.4. The lowest BCUT2D eigenvalue weighted by Gasteiger charge is -2.23. The zero-order valence-electron chi connectivity index (χ0n) is 19.0. The molecule has 1 aromatic heterocycles. The van der Waals surface area contributed by atoms with E-state index < -0.39 is 0 Å². The average Bonchev–Trinajstić information content (AvgIpc) is 3.26. The minimum atomic E-state index is 0.906. The lowest BCUT2D eigenvalue weighted by atomic mass is 9.81. The van der Waals surface area contributed by atoms with Gasteiger partial charge in [0.15, 0.2) is 0 Å². The van der Waals surface area contributed by atoms with Gasteiger partial charge in [0, 0.05) is 28.2 Å². The fourth-order valence-corrected chi connectivity index (χ4v) is 5.55. The summed E-state index contributed by atoms with van der Waals surface area (Å²) >= 11 is 0. The van der Waals surface area contributed by atoms with Crippen molar-refractivity contribution in [2.24, 2.45) is 0 Å². The van der Waals surface area contributed by atoms with Crippen molar-refractivity contribution >= 4 is 45.5 Å². The summed E-state index contributed by atoms with van der Waals surface area (Å²) < 4.78 is 6.05. The molecule has 164 valence electrons. The lowest BCUT2D eigenvalue weighted by molar-refractivity contribution is 0.669. The highest BCUT2D eigenvalue weighted by Gasteiger charge is 2.19. The van der Waals surface area contributed by atoms with Gasteiger partial charge >= 0.3 is 0 Å². The number of para-hydroxylation sites is 1. The predicted octanol–water partition coefficient (Wildman–Crippen LogP) is 8.92. The van der Waals surface area contributed by atoms with Crippen molar-refractivity contribution in [3.05, 3.63) is 107 Å². The van der Waals surface area contributed by atoms with Gasteiger partial charge in [0.2, 0.25) is 0 Å². The molecule has 2 nitrogen and oxygen atoms in total. The molecule has 5 aromatic rings. The average molecular weight is 440 g/mol. The summed E-state index contributed by atoms with van der Waals surface area (Å²) in [6, 6.07) is 25.7. The first kappa shape index (κ1) is 19.4. The summed E-state index contributed by atoms with van der Waals surface area (Å²) in [7, 11) is 0. The highest BCUT2D eigenvalue weighted by molar-refractivity contribution is 6.05. The maximum absolute atomic E-state index is 6.05. The fourth-order valence-electron chi connectivity index (χ4n) is 5.55. The molecule has 0 radical (unpaired) electrons. The highest BCUT2D eigenvalue weighted by Crippen LogP contribution is 2.38. The van der Waals surface area contributed by atoms with E-state index in [0.717, 1.165) is 52.6 Å². The Labute approximate surface area is 199 Å². The summed E-state index contributed by atoms with van der Waals surface area (Å²) in [5, 5.41) is 5.85. The Balaban J connectivity index is 1.22. The Kier molecular flexibility index (Phi) is 4.44. The van der Waals surface area contributed by atoms with Crippen LogP contribution in [0.1, 0.15) is 35.1 Å². The van der Waals surface area contributed by atoms with Crippen molar-refractivity contribution in [1.29, 1.82) is 0 Å². The van der Waals surface area contributed by atoms with Crippen molar-refractivity contribution in [2.75, 3.05) is 5.32 Å². The third-order valence-electron chi connectivity index (χ3n) is 7.20. The van der Waals surface area contributed by atoms with Gasteiger partial charge in [0.05, 0.1) is 0 Å². The second-order valence-corrected chi connectivity index (χ2v) is 9.28. The number of rotatable bonds is 3. The molecule has 0 spiro atoms. The molecule has 2 aliphatic rings. The van der Waals surface area contributed by atoms with E-state index in [2.05, 4.69) is 90.3 Å². The Morgan fingerprint density at radius 2 is 1.41 bits per heavy atom. The van der Waals surface area contributed by atoms with Crippen LogP contribution in [0.25, 0.3) is 45.2 Å². The van der Waals surface area contributed by atoms with Crippen LogP contribution in [0, 0.1) is 0 Å². The van der Waals surface area contributed by atoms with Gasteiger partial charge in [-0.3, -0.25) is 0 Å². The zero-order chi connectivity index (χ0) is 22.5. The van der Waals surface area contributed by atoms with E-state index in [1.807, 2.05) is 12.1 Å². The van der Waals surface area contributed by atoms with Gasteiger partial charge in [0.25, 0.3) is 0 Å². The van der Waals surface area contributed by atoms with Crippen LogP contribution in [0.4, 0.5) is 11.4 Å². The van der Waals surface area contributed by atoms with Crippen molar-refractivity contribution < 1.29 is 4.42 Å². The lowest BCUT2D eigenvalue weighted by Crippen LogP contribution is -2.07. The van der Waals surface area contributed by atoms with Crippen LogP contribution in [-0.4, -0.2) is 0 Å². The van der Waals surface area contributed by atoms with E-state index in [9.17, 15) is 0 Å². The Morgan fingerprint density at radius 1 is 0.647 bits per heavy atom. The molecule has 0 saturated carbocycles. The Morgan fingerprint density at radius 3 is 2.32 bits per heavy atom. The van der Waals surface area contributed by atoms with Crippen LogP contribution in [0.3, 0.4) is 0 Å². The van der Waals surface area contributed by atoms with Crippen LogP contribution in [0.5, 0.6) is 0 Å². The van der Waals surface area contributed by atoms with Crippen LogP contribution >= 0.6 is 0 Å². The third kappa shape index (κ3) is 3.18. The Bertz CT molecular complexity index is 1620. The summed E-state index contributed by atoms with van der Waals surface area (Å²) in [4.78, 5) is 0. The summed E-state index contributed by atoms with van der Waals surface area (Å²) in [5.74, 6) is 0. The molecule has 1 N–H and O–H groups in total. The number of hydrogen-bond acceptors (Lipinski definition) is 2. The van der Waals surface area contributed by atoms with Crippen LogP contribution < -0.4 is 5.32 Å². The topological polar surface area (TPSA) is 25.2 Å². The monoisotopic (exact) mass is 439 g/mol. The van der Waals surface area contributed by atoms with E-state index in [1.54, 1.807) is 11.1 Å². The molecule has 34 heavy (non-hydrogen) atoms. The molecular formula is C32H25NO. The zero-order valence-corrected chi connectivity index (χ0v) is 19.0. The van der Waals surface area contributed by atoms with Crippen molar-refractivity contribution in [1.82, 2.24) is 0 Å². The SMILES string of the molecule is C1=Cc2cc(-c3ccc(Nc4ccc5c(c4)oc4ccccc45)cc3)c3c(c2CC1)CCC=C3. The molecule has 4 aromatic carbocycles. The van der Waals surface area contributed by atoms with Crippen LogP contribution in [0.2, 0.25) is 0 Å². The molecule has 0 saturated heterocycles. The van der Waals surface area contributed by atoms with Gasteiger partial charge in [-0.05, 0) is 95.5 Å². The maximum atomic E-state index is 6.05. The molecule has 0 aliphatic heterocycles. The van der Waals surface area contributed by atoms with Gasteiger partial charge in [-0.1, -0.05) is 54.6 Å². The van der Waals surface area contributed by atoms with E-state index in [0.29, 0.717) is 0 Å². The molecule has 0 amide bonds. The van der Waals surface area contributed by atoms with Crippen molar-refractivity contribution in [2.45, 2.75) is 25.7 Å². The number of fused-ring (bicyclic) bond motifs is 6. The molecule has 0 bridgehead atoms. The quantitative estimate of drug-likeness (QED) is 0.303. The molecule has 2 heteroatoms. The van der Waals surface area contributed by atoms with Crippen molar-refractivity contribution in [3.63, 3.8) is 0 Å². The van der Waals surface area contributed by atoms with Gasteiger partial charge in [-0.2, -0.15) is 0 Å². The maximum Gasteiger partial charge on any atom is 0.137 e. The molecular weight excluding hydrogens is 414 g/mol. The number of hydrogen-bond donors (Lipinski definition) is 1. The van der Waals surface area contributed by atoms with Gasteiger partial charge in [-0.15, -0.1) is 0 Å². The molecule has 0 atom stereocenters. The Hall–Kier alpha value is -4.04. The first-order valence-electron chi connectivity index (χ1n) is 12.1. The standard InChI is InChI=1S/C32H25NO/c1-2-8-25-22(7-1)19-30(27-10-4-3-9-26(25)27)21-13-15-23(16-14-21)33-24-17-18-29-28-11-5-6-12-31(28)34-32(29)20-24/h1,4-7,10-20,33H,2-3,8-9H2. The first-order valence-corrected chi connectivity index (χ1v) is 12.1. The second kappa shape index (κ2) is 7.78. The highest BCUT2D eigenvalue weighted by atomic mass is 16.3. The fraction of sp³-hybridized carbons (Fsp3) is 0.125. The molecule has 7 rings (SSSR count). The number of allylic oxidation sites excluding steroid dienone is 2. The van der Waals surface area contributed by atoms with Crippen LogP contribution in [-0.2, 0) is 12.8 Å². The van der Waals surface area contributed by atoms with Crippen LogP contribution in [0.15, 0.2) is 89.4 Å². The smallest absolute Gasteiger partial charge is 0.137 e.